The highest BCUT2D eigenvalue weighted by molar-refractivity contribution is 7.20. The van der Waals surface area contributed by atoms with Crippen molar-refractivity contribution in [3.63, 3.8) is 0 Å². The summed E-state index contributed by atoms with van der Waals surface area (Å²) in [7, 11) is 0. The van der Waals surface area contributed by atoms with Crippen LogP contribution in [-0.2, 0) is 6.42 Å². The normalized spacial score (nSPS) is 19.9. The van der Waals surface area contributed by atoms with Crippen molar-refractivity contribution in [1.29, 1.82) is 0 Å². The molecule has 1 fully saturated rings. The molecule has 1 unspecified atom stereocenters. The van der Waals surface area contributed by atoms with Crippen LogP contribution in [0.1, 0.15) is 26.0 Å². The van der Waals surface area contributed by atoms with Gasteiger partial charge in [0.2, 0.25) is 10.1 Å². The van der Waals surface area contributed by atoms with Crippen LogP contribution in [0.4, 0.5) is 5.13 Å². The molecule has 1 saturated heterocycles. The first-order valence-electron chi connectivity index (χ1n) is 6.32. The highest BCUT2D eigenvalue weighted by atomic mass is 32.1. The van der Waals surface area contributed by atoms with Crippen LogP contribution in [0, 0.1) is 5.92 Å². The highest BCUT2D eigenvalue weighted by Crippen LogP contribution is 2.27. The Kier molecular flexibility index (Phi) is 2.81. The highest BCUT2D eigenvalue weighted by Gasteiger charge is 2.22. The van der Waals surface area contributed by atoms with Gasteiger partial charge in [-0.15, -0.1) is 5.10 Å². The van der Waals surface area contributed by atoms with Gasteiger partial charge >= 0.3 is 0 Å². The predicted octanol–water partition coefficient (Wildman–Crippen LogP) is 1.56. The molecular weight excluding hydrogens is 248 g/mol. The number of fused-ring (bicyclic) bond motifs is 1. The minimum absolute atomic E-state index is 0.0772. The van der Waals surface area contributed by atoms with Crippen molar-refractivity contribution in [2.24, 2.45) is 5.92 Å². The molecule has 0 aliphatic carbocycles. The van der Waals surface area contributed by atoms with E-state index in [1.165, 1.54) is 22.3 Å². The molecule has 0 bridgehead atoms. The average Bonchev–Trinajstić information content (AvgIpc) is 2.94. The van der Waals surface area contributed by atoms with Gasteiger partial charge in [0.1, 0.15) is 0 Å². The van der Waals surface area contributed by atoms with Crippen LogP contribution in [0.3, 0.4) is 0 Å². The first kappa shape index (κ1) is 11.6. The van der Waals surface area contributed by atoms with E-state index in [1.807, 2.05) is 6.92 Å². The Labute approximate surface area is 109 Å². The fourth-order valence-corrected chi connectivity index (χ4v) is 3.22. The second-order valence-corrected chi connectivity index (χ2v) is 5.79. The van der Waals surface area contributed by atoms with Gasteiger partial charge in [-0.05, 0) is 18.8 Å². The van der Waals surface area contributed by atoms with Crippen LogP contribution in [0.25, 0.3) is 4.96 Å². The van der Waals surface area contributed by atoms with Crippen molar-refractivity contribution in [3.05, 3.63) is 22.1 Å². The molecule has 1 aliphatic heterocycles. The number of anilines is 1. The maximum absolute atomic E-state index is 11.9. The van der Waals surface area contributed by atoms with Crippen molar-refractivity contribution in [3.8, 4) is 0 Å². The van der Waals surface area contributed by atoms with Crippen molar-refractivity contribution >= 4 is 21.4 Å². The van der Waals surface area contributed by atoms with E-state index in [1.54, 1.807) is 6.07 Å². The molecule has 0 N–H and O–H groups in total. The summed E-state index contributed by atoms with van der Waals surface area (Å²) >= 11 is 1.51. The minimum atomic E-state index is -0.0772. The lowest BCUT2D eigenvalue weighted by molar-refractivity contribution is 0.659. The summed E-state index contributed by atoms with van der Waals surface area (Å²) in [5.74, 6) is 0.702. The molecule has 5 nitrogen and oxygen atoms in total. The Morgan fingerprint density at radius 1 is 1.56 bits per heavy atom. The zero-order valence-corrected chi connectivity index (χ0v) is 11.4. The third kappa shape index (κ3) is 1.90. The zero-order valence-electron chi connectivity index (χ0n) is 10.6. The van der Waals surface area contributed by atoms with Crippen molar-refractivity contribution in [2.45, 2.75) is 26.7 Å². The Balaban J connectivity index is 2.05. The lowest BCUT2D eigenvalue weighted by atomic mass is 10.2. The maximum atomic E-state index is 11.9. The van der Waals surface area contributed by atoms with Crippen LogP contribution in [0.5, 0.6) is 0 Å². The Morgan fingerprint density at radius 2 is 2.39 bits per heavy atom. The summed E-state index contributed by atoms with van der Waals surface area (Å²) in [6.45, 7) is 6.29. The van der Waals surface area contributed by atoms with Crippen LogP contribution >= 0.6 is 11.3 Å². The fourth-order valence-electron chi connectivity index (χ4n) is 2.26. The SMILES string of the molecule is CCc1cc(=O)n2nc(N3CCC(C)C3)sc2n1. The molecule has 1 aliphatic rings. The molecule has 2 aromatic rings. The number of nitrogens with zero attached hydrogens (tertiary/aromatic N) is 4. The monoisotopic (exact) mass is 264 g/mol. The van der Waals surface area contributed by atoms with Crippen molar-refractivity contribution < 1.29 is 0 Å². The third-order valence-electron chi connectivity index (χ3n) is 3.34. The second-order valence-electron chi connectivity index (χ2n) is 4.86. The van der Waals surface area contributed by atoms with Gasteiger partial charge in [0.25, 0.3) is 5.56 Å². The van der Waals surface area contributed by atoms with E-state index in [2.05, 4.69) is 21.9 Å². The van der Waals surface area contributed by atoms with Gasteiger partial charge in [0.05, 0.1) is 0 Å². The van der Waals surface area contributed by atoms with Gasteiger partial charge in [-0.1, -0.05) is 25.2 Å². The molecule has 0 spiro atoms. The molecule has 3 heterocycles. The third-order valence-corrected chi connectivity index (χ3v) is 4.31. The molecular formula is C12H16N4OS. The van der Waals surface area contributed by atoms with Gasteiger partial charge in [0.15, 0.2) is 0 Å². The molecule has 3 rings (SSSR count). The molecule has 0 saturated carbocycles. The summed E-state index contributed by atoms with van der Waals surface area (Å²) in [6, 6.07) is 1.57. The average molecular weight is 264 g/mol. The summed E-state index contributed by atoms with van der Waals surface area (Å²) in [5.41, 5.74) is 0.761. The molecule has 1 atom stereocenters. The van der Waals surface area contributed by atoms with E-state index in [0.29, 0.717) is 10.9 Å². The Hall–Kier alpha value is -1.43. The molecule has 0 amide bonds. The minimum Gasteiger partial charge on any atom is -0.346 e. The largest absolute Gasteiger partial charge is 0.346 e. The van der Waals surface area contributed by atoms with Crippen molar-refractivity contribution in [2.75, 3.05) is 18.0 Å². The number of aryl methyl sites for hydroxylation is 1. The molecule has 0 aromatic carbocycles. The topological polar surface area (TPSA) is 50.5 Å². The Bertz CT molecular complexity index is 633. The van der Waals surface area contributed by atoms with Gasteiger partial charge < -0.3 is 4.90 Å². The van der Waals surface area contributed by atoms with E-state index in [4.69, 9.17) is 0 Å². The number of aromatic nitrogens is 3. The molecule has 18 heavy (non-hydrogen) atoms. The quantitative estimate of drug-likeness (QED) is 0.826. The van der Waals surface area contributed by atoms with E-state index < -0.39 is 0 Å². The van der Waals surface area contributed by atoms with Gasteiger partial charge in [0, 0.05) is 24.8 Å². The molecule has 0 radical (unpaired) electrons. The molecule has 2 aromatic heterocycles. The Morgan fingerprint density at radius 3 is 3.06 bits per heavy atom. The van der Waals surface area contributed by atoms with Crippen LogP contribution < -0.4 is 10.5 Å². The summed E-state index contributed by atoms with van der Waals surface area (Å²) in [4.78, 5) is 19.3. The molecule has 96 valence electrons. The lowest BCUT2D eigenvalue weighted by Gasteiger charge is -2.12. The van der Waals surface area contributed by atoms with Crippen LogP contribution in [0.2, 0.25) is 0 Å². The number of hydrogen-bond acceptors (Lipinski definition) is 5. The van der Waals surface area contributed by atoms with E-state index in [0.717, 1.165) is 30.3 Å². The lowest BCUT2D eigenvalue weighted by Crippen LogP contribution is -2.20. The molecule has 6 heteroatoms. The zero-order chi connectivity index (χ0) is 12.7. The second kappa shape index (κ2) is 4.35. The maximum Gasteiger partial charge on any atom is 0.275 e. The van der Waals surface area contributed by atoms with Crippen LogP contribution in [0.15, 0.2) is 10.9 Å². The van der Waals surface area contributed by atoms with Crippen molar-refractivity contribution in [1.82, 2.24) is 14.6 Å². The van der Waals surface area contributed by atoms with E-state index in [9.17, 15) is 4.79 Å². The first-order valence-corrected chi connectivity index (χ1v) is 7.13. The van der Waals surface area contributed by atoms with Gasteiger partial charge in [-0.3, -0.25) is 4.79 Å². The summed E-state index contributed by atoms with van der Waals surface area (Å²) in [6.07, 6.45) is 1.97. The summed E-state index contributed by atoms with van der Waals surface area (Å²) in [5, 5.41) is 5.30. The van der Waals surface area contributed by atoms with E-state index in [-0.39, 0.29) is 5.56 Å². The van der Waals surface area contributed by atoms with Gasteiger partial charge in [-0.2, -0.15) is 4.52 Å². The number of hydrogen-bond donors (Lipinski definition) is 0. The standard InChI is InChI=1S/C12H16N4OS/c1-3-9-6-10(17)16-11(13-9)18-12(14-16)15-5-4-8(2)7-15/h6,8H,3-5,7H2,1-2H3. The van der Waals surface area contributed by atoms with Crippen LogP contribution in [-0.4, -0.2) is 27.7 Å². The first-order chi connectivity index (χ1) is 8.67. The fraction of sp³-hybridized carbons (Fsp3) is 0.583. The van der Waals surface area contributed by atoms with Gasteiger partial charge in [-0.25, -0.2) is 4.98 Å². The number of rotatable bonds is 2. The smallest absolute Gasteiger partial charge is 0.275 e. The van der Waals surface area contributed by atoms with E-state index >= 15 is 0 Å². The summed E-state index contributed by atoms with van der Waals surface area (Å²) < 4.78 is 1.42. The predicted molar refractivity (Wildman–Crippen MR) is 72.5 cm³/mol.